The van der Waals surface area contributed by atoms with Crippen molar-refractivity contribution in [1.82, 2.24) is 15.2 Å². The third-order valence-electron chi connectivity index (χ3n) is 2.12. The molecule has 0 aliphatic heterocycles. The van der Waals surface area contributed by atoms with Crippen molar-refractivity contribution in [2.75, 3.05) is 13.2 Å². The topological polar surface area (TPSA) is 86.1 Å². The standard InChI is InChI=1S/C11H14N4O2/c12-7-9-2-1-3-10(6-9)16-4-5-17-11-13-8-14-15-11/h1-3,6,8H,4-5,7,12H2,(H,13,14,15). The second-order valence-electron chi connectivity index (χ2n) is 3.34. The van der Waals surface area contributed by atoms with Crippen LogP contribution in [0.3, 0.4) is 0 Å². The molecule has 0 saturated carbocycles. The lowest BCUT2D eigenvalue weighted by Crippen LogP contribution is -2.10. The van der Waals surface area contributed by atoms with Gasteiger partial charge in [0.15, 0.2) is 0 Å². The number of hydrogen-bond acceptors (Lipinski definition) is 5. The first-order chi connectivity index (χ1) is 8.38. The van der Waals surface area contributed by atoms with Crippen LogP contribution in [0.15, 0.2) is 30.6 Å². The summed E-state index contributed by atoms with van der Waals surface area (Å²) in [4.78, 5) is 3.83. The average Bonchev–Trinajstić information content (AvgIpc) is 2.88. The van der Waals surface area contributed by atoms with Gasteiger partial charge in [-0.05, 0) is 17.7 Å². The summed E-state index contributed by atoms with van der Waals surface area (Å²) in [6, 6.07) is 8.05. The maximum absolute atomic E-state index is 5.54. The first-order valence-corrected chi connectivity index (χ1v) is 5.28. The maximum atomic E-state index is 5.54. The van der Waals surface area contributed by atoms with Crippen LogP contribution in [0.4, 0.5) is 0 Å². The Hall–Kier alpha value is -2.08. The highest BCUT2D eigenvalue weighted by molar-refractivity contribution is 5.28. The lowest BCUT2D eigenvalue weighted by atomic mass is 10.2. The van der Waals surface area contributed by atoms with Crippen LogP contribution < -0.4 is 15.2 Å². The Balaban J connectivity index is 1.74. The Kier molecular flexibility index (Phi) is 3.93. The zero-order valence-electron chi connectivity index (χ0n) is 9.30. The monoisotopic (exact) mass is 234 g/mol. The van der Waals surface area contributed by atoms with Gasteiger partial charge in [-0.25, -0.2) is 5.10 Å². The fourth-order valence-corrected chi connectivity index (χ4v) is 1.32. The highest BCUT2D eigenvalue weighted by atomic mass is 16.5. The first kappa shape index (κ1) is 11.4. The Labute approximate surface area is 98.8 Å². The van der Waals surface area contributed by atoms with Crippen molar-refractivity contribution >= 4 is 0 Å². The maximum Gasteiger partial charge on any atom is 0.312 e. The average molecular weight is 234 g/mol. The highest BCUT2D eigenvalue weighted by Crippen LogP contribution is 2.12. The molecule has 6 heteroatoms. The molecular formula is C11H14N4O2. The quantitative estimate of drug-likeness (QED) is 0.719. The van der Waals surface area contributed by atoms with Crippen molar-refractivity contribution in [2.45, 2.75) is 6.54 Å². The minimum Gasteiger partial charge on any atom is -0.490 e. The second-order valence-corrected chi connectivity index (χ2v) is 3.34. The van der Waals surface area contributed by atoms with Gasteiger partial charge in [-0.3, -0.25) is 0 Å². The Morgan fingerprint density at radius 2 is 2.12 bits per heavy atom. The second kappa shape index (κ2) is 5.86. The highest BCUT2D eigenvalue weighted by Gasteiger charge is 1.98. The van der Waals surface area contributed by atoms with Gasteiger partial charge in [-0.15, -0.1) is 0 Å². The zero-order chi connectivity index (χ0) is 11.9. The molecule has 0 amide bonds. The number of aromatic amines is 1. The lowest BCUT2D eigenvalue weighted by molar-refractivity contribution is 0.206. The van der Waals surface area contributed by atoms with E-state index in [1.54, 1.807) is 0 Å². The van der Waals surface area contributed by atoms with E-state index in [0.717, 1.165) is 11.3 Å². The molecule has 0 fully saturated rings. The third-order valence-corrected chi connectivity index (χ3v) is 2.12. The molecule has 0 saturated heterocycles. The van der Waals surface area contributed by atoms with Crippen LogP contribution in [0, 0.1) is 0 Å². The summed E-state index contributed by atoms with van der Waals surface area (Å²) in [5, 5.41) is 6.26. The molecule has 1 heterocycles. The van der Waals surface area contributed by atoms with E-state index in [4.69, 9.17) is 15.2 Å². The molecule has 3 N–H and O–H groups in total. The van der Waals surface area contributed by atoms with E-state index in [-0.39, 0.29) is 0 Å². The molecule has 0 bridgehead atoms. The van der Waals surface area contributed by atoms with Gasteiger partial charge in [0.25, 0.3) is 0 Å². The van der Waals surface area contributed by atoms with Gasteiger partial charge in [0, 0.05) is 6.54 Å². The molecule has 17 heavy (non-hydrogen) atoms. The summed E-state index contributed by atoms with van der Waals surface area (Å²) in [5.41, 5.74) is 6.58. The molecule has 90 valence electrons. The summed E-state index contributed by atoms with van der Waals surface area (Å²) in [7, 11) is 0. The lowest BCUT2D eigenvalue weighted by Gasteiger charge is -2.07. The number of nitrogens with two attached hydrogens (primary N) is 1. The zero-order valence-corrected chi connectivity index (χ0v) is 9.30. The van der Waals surface area contributed by atoms with Gasteiger partial charge < -0.3 is 15.2 Å². The number of benzene rings is 1. The predicted octanol–water partition coefficient (Wildman–Crippen LogP) is 0.721. The van der Waals surface area contributed by atoms with Crippen LogP contribution >= 0.6 is 0 Å². The Morgan fingerprint density at radius 3 is 2.88 bits per heavy atom. The molecule has 0 atom stereocenters. The van der Waals surface area contributed by atoms with Gasteiger partial charge in [0.05, 0.1) is 0 Å². The van der Waals surface area contributed by atoms with E-state index in [9.17, 15) is 0 Å². The first-order valence-electron chi connectivity index (χ1n) is 5.28. The minimum absolute atomic E-state index is 0.393. The molecule has 2 rings (SSSR count). The SMILES string of the molecule is NCc1cccc(OCCOc2ncn[nH]2)c1. The molecule has 1 aromatic carbocycles. The number of nitrogens with zero attached hydrogens (tertiary/aromatic N) is 2. The molecule has 2 aromatic rings. The van der Waals surface area contributed by atoms with E-state index >= 15 is 0 Å². The van der Waals surface area contributed by atoms with E-state index in [1.165, 1.54) is 6.33 Å². The number of ether oxygens (including phenoxy) is 2. The van der Waals surface area contributed by atoms with E-state index in [2.05, 4.69) is 15.2 Å². The Morgan fingerprint density at radius 1 is 1.24 bits per heavy atom. The van der Waals surface area contributed by atoms with Gasteiger partial charge in [-0.2, -0.15) is 10.1 Å². The largest absolute Gasteiger partial charge is 0.490 e. The van der Waals surface area contributed by atoms with Gasteiger partial charge in [0.1, 0.15) is 25.3 Å². The molecule has 6 nitrogen and oxygen atoms in total. The van der Waals surface area contributed by atoms with Crippen LogP contribution in [0.25, 0.3) is 0 Å². The van der Waals surface area contributed by atoms with Crippen LogP contribution in [-0.2, 0) is 6.54 Å². The molecule has 0 unspecified atom stereocenters. The minimum atomic E-state index is 0.393. The van der Waals surface area contributed by atoms with Crippen LogP contribution in [0.1, 0.15) is 5.56 Å². The van der Waals surface area contributed by atoms with Gasteiger partial charge >= 0.3 is 6.01 Å². The summed E-state index contributed by atoms with van der Waals surface area (Å²) in [6.45, 7) is 1.35. The van der Waals surface area contributed by atoms with Gasteiger partial charge in [0.2, 0.25) is 0 Å². The smallest absolute Gasteiger partial charge is 0.312 e. The third kappa shape index (κ3) is 3.46. The normalized spacial score (nSPS) is 10.2. The summed E-state index contributed by atoms with van der Waals surface area (Å²) in [6.07, 6.45) is 1.39. The van der Waals surface area contributed by atoms with E-state index in [0.29, 0.717) is 25.8 Å². The summed E-state index contributed by atoms with van der Waals surface area (Å²) >= 11 is 0. The number of rotatable bonds is 6. The molecule has 0 aliphatic rings. The fourth-order valence-electron chi connectivity index (χ4n) is 1.32. The van der Waals surface area contributed by atoms with Crippen molar-refractivity contribution in [3.05, 3.63) is 36.2 Å². The fraction of sp³-hybridized carbons (Fsp3) is 0.273. The number of nitrogens with one attached hydrogen (secondary N) is 1. The van der Waals surface area contributed by atoms with Crippen LogP contribution in [0.2, 0.25) is 0 Å². The van der Waals surface area contributed by atoms with E-state index < -0.39 is 0 Å². The summed E-state index contributed by atoms with van der Waals surface area (Å²) in [5.74, 6) is 0.786. The Bertz CT molecular complexity index is 444. The van der Waals surface area contributed by atoms with Crippen molar-refractivity contribution in [2.24, 2.45) is 5.73 Å². The van der Waals surface area contributed by atoms with Crippen molar-refractivity contribution in [3.8, 4) is 11.8 Å². The van der Waals surface area contributed by atoms with Gasteiger partial charge in [-0.1, -0.05) is 12.1 Å². The predicted molar refractivity (Wildman–Crippen MR) is 61.7 cm³/mol. The number of H-pyrrole nitrogens is 1. The molecular weight excluding hydrogens is 220 g/mol. The van der Waals surface area contributed by atoms with Crippen molar-refractivity contribution in [1.29, 1.82) is 0 Å². The molecule has 1 aromatic heterocycles. The van der Waals surface area contributed by atoms with Crippen LogP contribution in [0.5, 0.6) is 11.8 Å². The van der Waals surface area contributed by atoms with Crippen molar-refractivity contribution < 1.29 is 9.47 Å². The van der Waals surface area contributed by atoms with Crippen molar-refractivity contribution in [3.63, 3.8) is 0 Å². The molecule has 0 aliphatic carbocycles. The van der Waals surface area contributed by atoms with E-state index in [1.807, 2.05) is 24.3 Å². The number of aromatic nitrogens is 3. The van der Waals surface area contributed by atoms with Crippen LogP contribution in [-0.4, -0.2) is 28.4 Å². The summed E-state index contributed by atoms with van der Waals surface area (Å²) < 4.78 is 10.7. The molecule has 0 radical (unpaired) electrons. The molecule has 0 spiro atoms. The number of hydrogen-bond donors (Lipinski definition) is 2.